The minimum absolute atomic E-state index is 0.0786. The lowest BCUT2D eigenvalue weighted by Crippen LogP contribution is -2.49. The molecule has 32 heavy (non-hydrogen) atoms. The van der Waals surface area contributed by atoms with Gasteiger partial charge in [-0.3, -0.25) is 9.69 Å². The van der Waals surface area contributed by atoms with Gasteiger partial charge >= 0.3 is 5.97 Å². The quantitative estimate of drug-likeness (QED) is 0.518. The number of carbonyl (C=O) groups is 1. The molecule has 4 atom stereocenters. The first-order valence-electron chi connectivity index (χ1n) is 12.3. The van der Waals surface area contributed by atoms with Crippen LogP contribution in [0.4, 0.5) is 0 Å². The molecular weight excluding hydrogens is 402 g/mol. The predicted molar refractivity (Wildman–Crippen MR) is 125 cm³/mol. The number of carbonyl (C=O) groups excluding carboxylic acids is 1. The van der Waals surface area contributed by atoms with Crippen LogP contribution in [0.15, 0.2) is 41.2 Å². The summed E-state index contributed by atoms with van der Waals surface area (Å²) in [5, 5.41) is 0. The Morgan fingerprint density at radius 3 is 2.62 bits per heavy atom. The second kappa shape index (κ2) is 9.18. The summed E-state index contributed by atoms with van der Waals surface area (Å²) in [6.45, 7) is 1.97. The van der Waals surface area contributed by atoms with Crippen LogP contribution in [0.2, 0.25) is 0 Å². The van der Waals surface area contributed by atoms with E-state index in [-0.39, 0.29) is 23.9 Å². The van der Waals surface area contributed by atoms with Gasteiger partial charge < -0.3 is 9.30 Å². The summed E-state index contributed by atoms with van der Waals surface area (Å²) in [7, 11) is 0. The van der Waals surface area contributed by atoms with Crippen molar-refractivity contribution in [3.8, 4) is 0 Å². The van der Waals surface area contributed by atoms with Gasteiger partial charge in [-0.05, 0) is 64.0 Å². The van der Waals surface area contributed by atoms with Crippen LogP contribution < -0.4 is 5.56 Å². The van der Waals surface area contributed by atoms with E-state index < -0.39 is 5.97 Å². The van der Waals surface area contributed by atoms with Crippen molar-refractivity contribution in [3.63, 3.8) is 0 Å². The Hall–Kier alpha value is -2.47. The maximum atomic E-state index is 13.5. The molecule has 1 aromatic carbocycles. The third kappa shape index (κ3) is 3.90. The second-order valence-corrected chi connectivity index (χ2v) is 9.44. The Morgan fingerprint density at radius 1 is 1.06 bits per heavy atom. The smallest absolute Gasteiger partial charge is 0.362 e. The summed E-state index contributed by atoms with van der Waals surface area (Å²) < 4.78 is 6.99. The lowest BCUT2D eigenvalue weighted by Gasteiger charge is -2.43. The van der Waals surface area contributed by atoms with Gasteiger partial charge in [0.25, 0.3) is 5.56 Å². The summed E-state index contributed by atoms with van der Waals surface area (Å²) in [4.78, 5) is 33.1. The highest BCUT2D eigenvalue weighted by Gasteiger charge is 2.44. The monoisotopic (exact) mass is 435 g/mol. The Bertz CT molecular complexity index is 1060. The van der Waals surface area contributed by atoms with Gasteiger partial charge in [-0.1, -0.05) is 37.1 Å². The number of nitrogens with zero attached hydrogens (tertiary/aromatic N) is 3. The molecule has 1 aliphatic carbocycles. The van der Waals surface area contributed by atoms with Gasteiger partial charge in [-0.2, -0.15) is 0 Å². The summed E-state index contributed by atoms with van der Waals surface area (Å²) in [6, 6.07) is 9.22. The number of hydrogen-bond donors (Lipinski definition) is 0. The number of ether oxygens (including phenoxy) is 1. The fraction of sp³-hybridized carbons (Fsp3) is 0.577. The van der Waals surface area contributed by atoms with Crippen molar-refractivity contribution in [1.82, 2.24) is 14.5 Å². The molecule has 2 aliphatic heterocycles. The first kappa shape index (κ1) is 21.4. The molecular formula is C26H33N3O3. The Kier molecular flexibility index (Phi) is 6.13. The van der Waals surface area contributed by atoms with Crippen LogP contribution in [0.25, 0.3) is 11.0 Å². The van der Waals surface area contributed by atoms with Gasteiger partial charge in [0.1, 0.15) is 0 Å². The number of para-hydroxylation sites is 2. The van der Waals surface area contributed by atoms with Crippen molar-refractivity contribution in [1.29, 1.82) is 0 Å². The minimum Gasteiger partial charge on any atom is -0.461 e. The zero-order chi connectivity index (χ0) is 22.1. The molecule has 0 amide bonds. The lowest BCUT2D eigenvalue weighted by molar-refractivity contribution is 0.0514. The number of aromatic nitrogens is 2. The van der Waals surface area contributed by atoms with E-state index in [0.717, 1.165) is 18.4 Å². The fourth-order valence-electron chi connectivity index (χ4n) is 6.18. The van der Waals surface area contributed by atoms with Crippen LogP contribution in [0.3, 0.4) is 0 Å². The minimum atomic E-state index is -0.628. The summed E-state index contributed by atoms with van der Waals surface area (Å²) in [5.41, 5.74) is 1.08. The van der Waals surface area contributed by atoms with E-state index in [1.54, 1.807) is 6.92 Å². The third-order valence-corrected chi connectivity index (χ3v) is 7.51. The molecule has 2 saturated heterocycles. The van der Waals surface area contributed by atoms with E-state index in [4.69, 9.17) is 4.74 Å². The van der Waals surface area contributed by atoms with E-state index in [1.165, 1.54) is 44.9 Å². The topological polar surface area (TPSA) is 64.4 Å². The maximum absolute atomic E-state index is 13.5. The highest BCUT2D eigenvalue weighted by atomic mass is 16.5. The van der Waals surface area contributed by atoms with E-state index in [2.05, 4.69) is 22.0 Å². The number of rotatable bonds is 4. The number of benzene rings is 1. The molecule has 3 heterocycles. The van der Waals surface area contributed by atoms with Gasteiger partial charge in [-0.25, -0.2) is 9.78 Å². The van der Waals surface area contributed by atoms with E-state index in [1.807, 2.05) is 28.8 Å². The van der Waals surface area contributed by atoms with E-state index in [9.17, 15) is 9.59 Å². The molecule has 0 spiro atoms. The Morgan fingerprint density at radius 2 is 1.84 bits per heavy atom. The maximum Gasteiger partial charge on any atom is 0.362 e. The van der Waals surface area contributed by atoms with Crippen LogP contribution in [0.5, 0.6) is 0 Å². The molecule has 6 nitrogen and oxygen atoms in total. The van der Waals surface area contributed by atoms with E-state index >= 15 is 0 Å². The van der Waals surface area contributed by atoms with Crippen molar-refractivity contribution in [2.45, 2.75) is 88.9 Å². The number of esters is 1. The van der Waals surface area contributed by atoms with Crippen molar-refractivity contribution in [2.24, 2.45) is 0 Å². The standard InChI is InChI=1S/C26H33N3O3/c1-2-32-26(31)24-25(30)29(23-13-9-8-12-22(23)27-24)21-16-19-14-15-20(17-21)28(19)18-10-6-4-3-5-7-11-18/h6,8-10,12-13,18-21H,2-5,7,11,14-17H2,1H3/t18?,19-,20+,21?. The average Bonchev–Trinajstić information content (AvgIpc) is 3.02. The Balaban J connectivity index is 1.49. The first-order chi connectivity index (χ1) is 15.7. The van der Waals surface area contributed by atoms with Gasteiger partial charge in [0.05, 0.1) is 17.6 Å². The molecule has 0 saturated carbocycles. The molecule has 2 unspecified atom stereocenters. The molecule has 0 radical (unpaired) electrons. The molecule has 2 bridgehead atoms. The summed E-state index contributed by atoms with van der Waals surface area (Å²) in [6.07, 6.45) is 15.4. The van der Waals surface area contributed by atoms with E-state index in [0.29, 0.717) is 23.6 Å². The van der Waals surface area contributed by atoms with Gasteiger partial charge in [-0.15, -0.1) is 0 Å². The van der Waals surface area contributed by atoms with Crippen molar-refractivity contribution >= 4 is 17.0 Å². The van der Waals surface area contributed by atoms with Crippen molar-refractivity contribution < 1.29 is 9.53 Å². The molecule has 2 aromatic rings. The lowest BCUT2D eigenvalue weighted by atomic mass is 9.92. The van der Waals surface area contributed by atoms with Crippen LogP contribution in [-0.4, -0.2) is 45.2 Å². The summed E-state index contributed by atoms with van der Waals surface area (Å²) >= 11 is 0. The Labute approximate surface area is 189 Å². The zero-order valence-electron chi connectivity index (χ0n) is 18.9. The second-order valence-electron chi connectivity index (χ2n) is 9.44. The normalized spacial score (nSPS) is 28.4. The first-order valence-corrected chi connectivity index (χ1v) is 12.3. The molecule has 3 aliphatic rings. The zero-order valence-corrected chi connectivity index (χ0v) is 18.9. The predicted octanol–water partition coefficient (Wildman–Crippen LogP) is 4.63. The molecule has 170 valence electrons. The number of piperidine rings is 1. The number of allylic oxidation sites excluding steroid dienone is 1. The molecule has 5 rings (SSSR count). The highest BCUT2D eigenvalue weighted by molar-refractivity contribution is 5.89. The molecule has 0 N–H and O–H groups in total. The SMILES string of the molecule is CCOC(=O)c1nc2ccccc2n(C2C[C@H]3CC[C@@H](C2)N3C2C=CCCCCC2)c1=O. The van der Waals surface area contributed by atoms with Crippen LogP contribution in [-0.2, 0) is 4.74 Å². The van der Waals surface area contributed by atoms with Gasteiger partial charge in [0.15, 0.2) is 0 Å². The third-order valence-electron chi connectivity index (χ3n) is 7.51. The van der Waals surface area contributed by atoms with Gasteiger partial charge in [0.2, 0.25) is 5.69 Å². The number of hydrogen-bond acceptors (Lipinski definition) is 5. The van der Waals surface area contributed by atoms with Gasteiger partial charge in [0, 0.05) is 24.2 Å². The highest BCUT2D eigenvalue weighted by Crippen LogP contribution is 2.43. The molecule has 6 heteroatoms. The van der Waals surface area contributed by atoms with Crippen molar-refractivity contribution in [2.75, 3.05) is 6.61 Å². The number of fused-ring (bicyclic) bond motifs is 3. The largest absolute Gasteiger partial charge is 0.461 e. The fourth-order valence-corrected chi connectivity index (χ4v) is 6.18. The average molecular weight is 436 g/mol. The summed E-state index contributed by atoms with van der Waals surface area (Å²) in [5.74, 6) is -0.628. The van der Waals surface area contributed by atoms with Crippen LogP contribution >= 0.6 is 0 Å². The van der Waals surface area contributed by atoms with Crippen molar-refractivity contribution in [3.05, 3.63) is 52.5 Å². The molecule has 2 fully saturated rings. The van der Waals surface area contributed by atoms with Crippen LogP contribution in [0, 0.1) is 0 Å². The van der Waals surface area contributed by atoms with Crippen LogP contribution in [0.1, 0.15) is 81.2 Å². The molecule has 1 aromatic heterocycles.